The van der Waals surface area contributed by atoms with Crippen molar-refractivity contribution in [2.45, 2.75) is 26.7 Å². The van der Waals surface area contributed by atoms with Crippen LogP contribution in [0.5, 0.6) is 0 Å². The molecule has 1 nitrogen and oxygen atoms in total. The molecule has 2 aromatic carbocycles. The van der Waals surface area contributed by atoms with Crippen molar-refractivity contribution in [2.24, 2.45) is 0 Å². The second-order valence-electron chi connectivity index (χ2n) is 4.92. The van der Waals surface area contributed by atoms with Crippen LogP contribution in [-0.4, -0.2) is 0 Å². The van der Waals surface area contributed by atoms with Gasteiger partial charge in [0, 0.05) is 0 Å². The highest BCUT2D eigenvalue weighted by molar-refractivity contribution is 5.69. The number of hydrogen-bond donors (Lipinski definition) is 0. The zero-order valence-electron chi connectivity index (χ0n) is 11.1. The third kappa shape index (κ3) is 2.43. The number of benzene rings is 2. The van der Waals surface area contributed by atoms with Gasteiger partial charge in [0.1, 0.15) is 0 Å². The van der Waals surface area contributed by atoms with Gasteiger partial charge in [-0.25, -0.2) is 0 Å². The van der Waals surface area contributed by atoms with E-state index in [2.05, 4.69) is 51.1 Å². The van der Waals surface area contributed by atoms with E-state index in [-0.39, 0.29) is 0 Å². The summed E-state index contributed by atoms with van der Waals surface area (Å²) in [6.45, 7) is 6.47. The van der Waals surface area contributed by atoms with E-state index >= 15 is 0 Å². The lowest BCUT2D eigenvalue weighted by Crippen LogP contribution is -1.90. The van der Waals surface area contributed by atoms with Crippen LogP contribution in [0.25, 0.3) is 11.1 Å². The minimum absolute atomic E-state index is 0.518. The Bertz CT molecular complexity index is 603. The molecule has 90 valence electrons. The SMILES string of the molecule is Cc1ccc(C#N)cc1-c1cccc(C(C)C)c1. The maximum atomic E-state index is 8.99. The lowest BCUT2D eigenvalue weighted by atomic mass is 9.94. The first kappa shape index (κ1) is 12.4. The lowest BCUT2D eigenvalue weighted by Gasteiger charge is -2.10. The molecule has 0 fully saturated rings. The summed E-state index contributed by atoms with van der Waals surface area (Å²) in [7, 11) is 0. The van der Waals surface area contributed by atoms with Gasteiger partial charge in [0.2, 0.25) is 0 Å². The Morgan fingerprint density at radius 2 is 1.83 bits per heavy atom. The summed E-state index contributed by atoms with van der Waals surface area (Å²) < 4.78 is 0. The standard InChI is InChI=1S/C17H17N/c1-12(2)15-5-4-6-16(10-15)17-9-14(11-18)8-7-13(17)3/h4-10,12H,1-3H3. The number of rotatable bonds is 2. The zero-order chi connectivity index (χ0) is 13.1. The van der Waals surface area contributed by atoms with Gasteiger partial charge < -0.3 is 0 Å². The summed E-state index contributed by atoms with van der Waals surface area (Å²) in [5, 5.41) is 8.99. The normalized spacial score (nSPS) is 10.4. The Morgan fingerprint density at radius 3 is 2.50 bits per heavy atom. The van der Waals surface area contributed by atoms with E-state index in [1.165, 1.54) is 16.7 Å². The predicted molar refractivity (Wildman–Crippen MR) is 75.4 cm³/mol. The summed E-state index contributed by atoms with van der Waals surface area (Å²) in [5.74, 6) is 0.518. The van der Waals surface area contributed by atoms with Crippen molar-refractivity contribution >= 4 is 0 Å². The molecular weight excluding hydrogens is 218 g/mol. The molecule has 2 rings (SSSR count). The molecule has 1 heteroatoms. The third-order valence-corrected chi connectivity index (χ3v) is 3.23. The van der Waals surface area contributed by atoms with Crippen LogP contribution in [0.4, 0.5) is 0 Å². The highest BCUT2D eigenvalue weighted by atomic mass is 14.2. The first-order chi connectivity index (χ1) is 8.61. The summed E-state index contributed by atoms with van der Waals surface area (Å²) in [6, 6.07) is 16.6. The molecule has 2 aromatic rings. The molecule has 18 heavy (non-hydrogen) atoms. The van der Waals surface area contributed by atoms with Gasteiger partial charge in [-0.05, 0) is 47.2 Å². The van der Waals surface area contributed by atoms with Crippen molar-refractivity contribution in [3.63, 3.8) is 0 Å². The van der Waals surface area contributed by atoms with E-state index in [0.29, 0.717) is 11.5 Å². The molecule has 0 heterocycles. The second kappa shape index (κ2) is 5.06. The molecule has 0 saturated carbocycles. The van der Waals surface area contributed by atoms with E-state index in [9.17, 15) is 0 Å². The molecule has 0 N–H and O–H groups in total. The van der Waals surface area contributed by atoms with E-state index in [1.54, 1.807) is 0 Å². The summed E-state index contributed by atoms with van der Waals surface area (Å²) >= 11 is 0. The van der Waals surface area contributed by atoms with Crippen LogP contribution in [0.2, 0.25) is 0 Å². The smallest absolute Gasteiger partial charge is 0.0991 e. The maximum absolute atomic E-state index is 8.99. The average molecular weight is 235 g/mol. The van der Waals surface area contributed by atoms with Crippen LogP contribution in [-0.2, 0) is 0 Å². The van der Waals surface area contributed by atoms with Crippen LogP contribution in [0.15, 0.2) is 42.5 Å². The quantitative estimate of drug-likeness (QED) is 0.742. The van der Waals surface area contributed by atoms with Gasteiger partial charge in [0.15, 0.2) is 0 Å². The van der Waals surface area contributed by atoms with Crippen LogP contribution in [0, 0.1) is 18.3 Å². The molecule has 0 radical (unpaired) electrons. The van der Waals surface area contributed by atoms with E-state index < -0.39 is 0 Å². The van der Waals surface area contributed by atoms with Crippen molar-refractivity contribution in [1.29, 1.82) is 5.26 Å². The lowest BCUT2D eigenvalue weighted by molar-refractivity contribution is 0.867. The van der Waals surface area contributed by atoms with Crippen LogP contribution >= 0.6 is 0 Å². The largest absolute Gasteiger partial charge is 0.192 e. The monoisotopic (exact) mass is 235 g/mol. The molecule has 0 spiro atoms. The Morgan fingerprint density at radius 1 is 1.06 bits per heavy atom. The number of aryl methyl sites for hydroxylation is 1. The first-order valence-corrected chi connectivity index (χ1v) is 6.23. The second-order valence-corrected chi connectivity index (χ2v) is 4.92. The Hall–Kier alpha value is -2.07. The molecule has 0 saturated heterocycles. The van der Waals surface area contributed by atoms with Gasteiger partial charge in [0.05, 0.1) is 11.6 Å². The molecule has 0 aliphatic carbocycles. The zero-order valence-corrected chi connectivity index (χ0v) is 11.1. The Labute approximate surface area is 109 Å². The Kier molecular flexibility index (Phi) is 3.48. The summed E-state index contributed by atoms with van der Waals surface area (Å²) in [4.78, 5) is 0. The third-order valence-electron chi connectivity index (χ3n) is 3.23. The summed E-state index contributed by atoms with van der Waals surface area (Å²) in [6.07, 6.45) is 0. The highest BCUT2D eigenvalue weighted by Crippen LogP contribution is 2.27. The maximum Gasteiger partial charge on any atom is 0.0991 e. The van der Waals surface area contributed by atoms with Crippen LogP contribution in [0.1, 0.15) is 36.5 Å². The predicted octanol–water partition coefficient (Wildman–Crippen LogP) is 4.66. The fourth-order valence-corrected chi connectivity index (χ4v) is 2.07. The molecule has 0 atom stereocenters. The molecule has 0 unspecified atom stereocenters. The van der Waals surface area contributed by atoms with Gasteiger partial charge in [0.25, 0.3) is 0 Å². The van der Waals surface area contributed by atoms with Crippen LogP contribution < -0.4 is 0 Å². The van der Waals surface area contributed by atoms with Crippen molar-refractivity contribution in [3.05, 3.63) is 59.2 Å². The van der Waals surface area contributed by atoms with E-state index in [4.69, 9.17) is 5.26 Å². The molecule has 0 aliphatic rings. The van der Waals surface area contributed by atoms with E-state index in [0.717, 1.165) is 5.56 Å². The minimum atomic E-state index is 0.518. The molecule has 0 amide bonds. The number of nitriles is 1. The molecule has 0 bridgehead atoms. The Balaban J connectivity index is 2.55. The van der Waals surface area contributed by atoms with Gasteiger partial charge in [-0.1, -0.05) is 44.2 Å². The van der Waals surface area contributed by atoms with Gasteiger partial charge in [-0.2, -0.15) is 5.26 Å². The fraction of sp³-hybridized carbons (Fsp3) is 0.235. The minimum Gasteiger partial charge on any atom is -0.192 e. The van der Waals surface area contributed by atoms with Gasteiger partial charge in [-0.3, -0.25) is 0 Å². The van der Waals surface area contributed by atoms with E-state index in [1.807, 2.05) is 18.2 Å². The summed E-state index contributed by atoms with van der Waals surface area (Å²) in [5.41, 5.74) is 5.59. The van der Waals surface area contributed by atoms with Crippen LogP contribution in [0.3, 0.4) is 0 Å². The molecular formula is C17H17N. The highest BCUT2D eigenvalue weighted by Gasteiger charge is 2.06. The average Bonchev–Trinajstić information content (AvgIpc) is 2.39. The van der Waals surface area contributed by atoms with Crippen molar-refractivity contribution in [2.75, 3.05) is 0 Å². The number of nitrogens with zero attached hydrogens (tertiary/aromatic N) is 1. The molecule has 0 aromatic heterocycles. The van der Waals surface area contributed by atoms with Crippen molar-refractivity contribution in [3.8, 4) is 17.2 Å². The van der Waals surface area contributed by atoms with Gasteiger partial charge >= 0.3 is 0 Å². The fourth-order valence-electron chi connectivity index (χ4n) is 2.07. The molecule has 0 aliphatic heterocycles. The van der Waals surface area contributed by atoms with Crippen molar-refractivity contribution in [1.82, 2.24) is 0 Å². The number of hydrogen-bond acceptors (Lipinski definition) is 1. The first-order valence-electron chi connectivity index (χ1n) is 6.23. The van der Waals surface area contributed by atoms with Crippen molar-refractivity contribution < 1.29 is 0 Å². The topological polar surface area (TPSA) is 23.8 Å². The van der Waals surface area contributed by atoms with Gasteiger partial charge in [-0.15, -0.1) is 0 Å².